The number of rotatable bonds is 4. The Bertz CT molecular complexity index is 1570. The molecule has 0 saturated carbocycles. The van der Waals surface area contributed by atoms with Crippen LogP contribution in [-0.2, 0) is 0 Å². The number of benzene rings is 1. The molecule has 2 N–H and O–H groups in total. The summed E-state index contributed by atoms with van der Waals surface area (Å²) in [5, 5.41) is 7.15. The number of ether oxygens (including phenoxy) is 1. The average molecular weight is 412 g/mol. The second kappa shape index (κ2) is 7.28. The van der Waals surface area contributed by atoms with Crippen LogP contribution in [0.15, 0.2) is 52.2 Å². The van der Waals surface area contributed by atoms with Crippen molar-refractivity contribution in [3.63, 3.8) is 0 Å². The summed E-state index contributed by atoms with van der Waals surface area (Å²) in [4.78, 5) is 23.2. The number of methoxy groups -OCH3 is 1. The monoisotopic (exact) mass is 412 g/mol. The van der Waals surface area contributed by atoms with Gasteiger partial charge in [-0.2, -0.15) is 0 Å². The number of fused-ring (bicyclic) bond motifs is 1. The van der Waals surface area contributed by atoms with Gasteiger partial charge in [-0.1, -0.05) is 23.4 Å². The van der Waals surface area contributed by atoms with Crippen LogP contribution in [0.1, 0.15) is 33.0 Å². The molecule has 0 fully saturated rings. The van der Waals surface area contributed by atoms with E-state index < -0.39 is 0 Å². The Morgan fingerprint density at radius 2 is 1.97 bits per heavy atom. The van der Waals surface area contributed by atoms with Crippen LogP contribution >= 0.6 is 0 Å². The van der Waals surface area contributed by atoms with Gasteiger partial charge < -0.3 is 19.2 Å². The van der Waals surface area contributed by atoms with E-state index >= 15 is 0 Å². The number of carbonyl (C=O) groups excluding carboxylic acids is 1. The first-order valence-corrected chi connectivity index (χ1v) is 9.82. The van der Waals surface area contributed by atoms with Gasteiger partial charge in [0.25, 0.3) is 0 Å². The van der Waals surface area contributed by atoms with E-state index in [-0.39, 0.29) is 5.69 Å². The van der Waals surface area contributed by atoms with Crippen molar-refractivity contribution < 1.29 is 14.1 Å². The van der Waals surface area contributed by atoms with Gasteiger partial charge in [0.2, 0.25) is 0 Å². The van der Waals surface area contributed by atoms with Gasteiger partial charge in [0.05, 0.1) is 34.4 Å². The number of carbonyl (C=O) groups is 1. The highest BCUT2D eigenvalue weighted by atomic mass is 16.5. The first-order valence-electron chi connectivity index (χ1n) is 9.82. The second-order valence-electron chi connectivity index (χ2n) is 7.44. The van der Waals surface area contributed by atoms with Gasteiger partial charge in [0.1, 0.15) is 12.0 Å². The van der Waals surface area contributed by atoms with E-state index in [1.165, 1.54) is 6.26 Å². The van der Waals surface area contributed by atoms with Crippen LogP contribution in [0.5, 0.6) is 5.75 Å². The zero-order chi connectivity index (χ0) is 21.5. The van der Waals surface area contributed by atoms with E-state index in [2.05, 4.69) is 28.1 Å². The second-order valence-corrected chi connectivity index (χ2v) is 7.44. The third-order valence-electron chi connectivity index (χ3n) is 5.38. The number of nitrogens with zero attached hydrogens (tertiary/aromatic N) is 2. The van der Waals surface area contributed by atoms with Crippen LogP contribution in [0.3, 0.4) is 0 Å². The van der Waals surface area contributed by atoms with Crippen molar-refractivity contribution in [2.24, 2.45) is 4.99 Å². The highest BCUT2D eigenvalue weighted by Crippen LogP contribution is 2.25. The maximum atomic E-state index is 11.5. The standard InChI is InChI=1S/C24H20N4O3/c1-13-8-14(2)25-18(13)9-19-22(30-3)10-20(26-19)24-23(16-12-31-28-21(16)11-29)15-6-4-5-7-17(15)27-24/h4-12,25-26H,1-3H3. The Hall–Kier alpha value is -4.13. The third kappa shape index (κ3) is 3.11. The molecule has 31 heavy (non-hydrogen) atoms. The summed E-state index contributed by atoms with van der Waals surface area (Å²) in [5.74, 6) is 0.695. The zero-order valence-corrected chi connectivity index (χ0v) is 17.3. The Morgan fingerprint density at radius 3 is 2.71 bits per heavy atom. The number of aryl methyl sites for hydroxylation is 2. The molecule has 0 radical (unpaired) electrons. The van der Waals surface area contributed by atoms with E-state index in [4.69, 9.17) is 14.3 Å². The lowest BCUT2D eigenvalue weighted by atomic mass is 10.0. The van der Waals surface area contributed by atoms with Crippen molar-refractivity contribution in [3.8, 4) is 5.75 Å². The van der Waals surface area contributed by atoms with Crippen molar-refractivity contribution in [1.29, 1.82) is 0 Å². The Kier molecular flexibility index (Phi) is 4.43. The normalized spacial score (nSPS) is 15.2. The molecule has 0 amide bonds. The number of hydrogen-bond donors (Lipinski definition) is 2. The maximum Gasteiger partial charge on any atom is 0.172 e. The molecule has 154 valence electrons. The van der Waals surface area contributed by atoms with E-state index in [0.717, 1.165) is 43.8 Å². The minimum atomic E-state index is 0.238. The zero-order valence-electron chi connectivity index (χ0n) is 17.3. The van der Waals surface area contributed by atoms with E-state index in [9.17, 15) is 4.79 Å². The molecule has 0 unspecified atom stereocenters. The molecule has 5 rings (SSSR count). The molecule has 7 nitrogen and oxygen atoms in total. The predicted octanol–water partition coefficient (Wildman–Crippen LogP) is 1.24. The number of aldehydes is 1. The number of hydrogen-bond acceptors (Lipinski definition) is 5. The van der Waals surface area contributed by atoms with Crippen LogP contribution in [-0.4, -0.2) is 28.5 Å². The fourth-order valence-electron chi connectivity index (χ4n) is 3.97. The van der Waals surface area contributed by atoms with Crippen molar-refractivity contribution in [2.45, 2.75) is 13.8 Å². The lowest BCUT2D eigenvalue weighted by Crippen LogP contribution is -2.22. The number of H-pyrrole nitrogens is 2. The van der Waals surface area contributed by atoms with E-state index in [1.807, 2.05) is 43.3 Å². The summed E-state index contributed by atoms with van der Waals surface area (Å²) in [7, 11) is 1.64. The third-order valence-corrected chi connectivity index (χ3v) is 5.38. The van der Waals surface area contributed by atoms with Gasteiger partial charge in [-0.3, -0.25) is 4.79 Å². The molecule has 3 aromatic heterocycles. The minimum absolute atomic E-state index is 0.238. The highest BCUT2D eigenvalue weighted by molar-refractivity contribution is 6.01. The fourth-order valence-corrected chi connectivity index (χ4v) is 3.97. The first-order chi connectivity index (χ1) is 15.1. The van der Waals surface area contributed by atoms with Gasteiger partial charge in [-0.25, -0.2) is 4.99 Å². The van der Waals surface area contributed by atoms with E-state index in [0.29, 0.717) is 23.3 Å². The summed E-state index contributed by atoms with van der Waals surface area (Å²) in [6, 6.07) is 11.8. The Balaban J connectivity index is 1.82. The first kappa shape index (κ1) is 18.9. The lowest BCUT2D eigenvalue weighted by Gasteiger charge is -2.01. The van der Waals surface area contributed by atoms with Crippen LogP contribution < -0.4 is 26.0 Å². The van der Waals surface area contributed by atoms with Crippen LogP contribution in [0.2, 0.25) is 0 Å². The van der Waals surface area contributed by atoms with Gasteiger partial charge in [-0.05, 0) is 37.6 Å². The van der Waals surface area contributed by atoms with Gasteiger partial charge in [0.15, 0.2) is 12.0 Å². The van der Waals surface area contributed by atoms with Crippen molar-refractivity contribution in [2.75, 3.05) is 7.11 Å². The molecule has 0 spiro atoms. The van der Waals surface area contributed by atoms with Crippen LogP contribution in [0, 0.1) is 13.8 Å². The molecule has 0 atom stereocenters. The molecule has 0 saturated heterocycles. The molecule has 4 heterocycles. The SMILES string of the molecule is COc1cc(=C2N=c3ccccc3=C2c2conc2C=O)[nH]c1=Cc1[nH]c(C)cc1C. The van der Waals surface area contributed by atoms with Crippen molar-refractivity contribution >= 4 is 23.6 Å². The van der Waals surface area contributed by atoms with Gasteiger partial charge in [0, 0.05) is 28.2 Å². The molecular weight excluding hydrogens is 392 g/mol. The molecule has 7 heteroatoms. The maximum absolute atomic E-state index is 11.5. The minimum Gasteiger partial charge on any atom is -0.494 e. The molecule has 4 aromatic rings. The Morgan fingerprint density at radius 1 is 1.13 bits per heavy atom. The molecular formula is C24H20N4O3. The fraction of sp³-hybridized carbons (Fsp3) is 0.125. The summed E-state index contributed by atoms with van der Waals surface area (Å²) in [6.45, 7) is 4.08. The number of aromatic nitrogens is 3. The molecule has 0 aliphatic carbocycles. The molecule has 0 bridgehead atoms. The Labute approximate surface area is 177 Å². The van der Waals surface area contributed by atoms with Crippen LogP contribution in [0.4, 0.5) is 0 Å². The summed E-state index contributed by atoms with van der Waals surface area (Å²) in [5.41, 5.74) is 5.58. The van der Waals surface area contributed by atoms with Gasteiger partial charge >= 0.3 is 0 Å². The van der Waals surface area contributed by atoms with Gasteiger partial charge in [-0.15, -0.1) is 0 Å². The smallest absolute Gasteiger partial charge is 0.172 e. The predicted molar refractivity (Wildman–Crippen MR) is 115 cm³/mol. The summed E-state index contributed by atoms with van der Waals surface area (Å²) < 4.78 is 10.7. The highest BCUT2D eigenvalue weighted by Gasteiger charge is 2.22. The van der Waals surface area contributed by atoms with Crippen LogP contribution in [0.25, 0.3) is 17.3 Å². The average Bonchev–Trinajstić information content (AvgIpc) is 3.52. The largest absolute Gasteiger partial charge is 0.494 e. The number of aromatic amines is 2. The molecule has 1 aliphatic heterocycles. The van der Waals surface area contributed by atoms with E-state index in [1.54, 1.807) is 7.11 Å². The van der Waals surface area contributed by atoms with Crippen molar-refractivity contribution in [3.05, 3.63) is 92.1 Å². The number of para-hydroxylation sites is 1. The quantitative estimate of drug-likeness (QED) is 0.493. The molecule has 1 aliphatic rings. The van der Waals surface area contributed by atoms with Crippen molar-refractivity contribution in [1.82, 2.24) is 15.1 Å². The lowest BCUT2D eigenvalue weighted by molar-refractivity contribution is 0.111. The summed E-state index contributed by atoms with van der Waals surface area (Å²) >= 11 is 0. The summed E-state index contributed by atoms with van der Waals surface area (Å²) in [6.07, 6.45) is 4.19. The molecule has 1 aromatic carbocycles. The number of nitrogens with one attached hydrogen (secondary N) is 2. The topological polar surface area (TPSA) is 96.3 Å².